The third-order valence-corrected chi connectivity index (χ3v) is 4.35. The molecule has 25 heavy (non-hydrogen) atoms. The Kier molecular flexibility index (Phi) is 5.43. The van der Waals surface area contributed by atoms with E-state index in [9.17, 15) is 4.79 Å². The SMILES string of the molecule is COc1ccccc1C(=O)NCCC(C)c1ccc2c(c1)OCCO2. The minimum atomic E-state index is -0.119. The summed E-state index contributed by atoms with van der Waals surface area (Å²) in [6, 6.07) is 13.3. The predicted molar refractivity (Wildman–Crippen MR) is 95.8 cm³/mol. The Bertz CT molecular complexity index is 744. The molecule has 5 heteroatoms. The van der Waals surface area contributed by atoms with Gasteiger partial charge in [0.25, 0.3) is 5.91 Å². The summed E-state index contributed by atoms with van der Waals surface area (Å²) >= 11 is 0. The Morgan fingerprint density at radius 1 is 1.16 bits per heavy atom. The molecular formula is C20H23NO4. The van der Waals surface area contributed by atoms with Crippen molar-refractivity contribution >= 4 is 5.91 Å². The van der Waals surface area contributed by atoms with Gasteiger partial charge in [-0.1, -0.05) is 25.1 Å². The van der Waals surface area contributed by atoms with E-state index in [1.807, 2.05) is 24.3 Å². The fourth-order valence-corrected chi connectivity index (χ4v) is 2.86. The molecule has 1 atom stereocenters. The van der Waals surface area contributed by atoms with Crippen molar-refractivity contribution in [2.75, 3.05) is 26.9 Å². The van der Waals surface area contributed by atoms with E-state index in [4.69, 9.17) is 14.2 Å². The van der Waals surface area contributed by atoms with E-state index >= 15 is 0 Å². The van der Waals surface area contributed by atoms with E-state index in [0.29, 0.717) is 37.0 Å². The van der Waals surface area contributed by atoms with Crippen molar-refractivity contribution in [3.05, 3.63) is 53.6 Å². The molecule has 0 spiro atoms. The molecule has 2 aromatic carbocycles. The van der Waals surface area contributed by atoms with Gasteiger partial charge in [-0.2, -0.15) is 0 Å². The summed E-state index contributed by atoms with van der Waals surface area (Å²) in [5, 5.41) is 2.96. The summed E-state index contributed by atoms with van der Waals surface area (Å²) in [5.41, 5.74) is 1.73. The summed E-state index contributed by atoms with van der Waals surface area (Å²) in [7, 11) is 1.57. The molecule has 1 heterocycles. The molecule has 1 unspecified atom stereocenters. The summed E-state index contributed by atoms with van der Waals surface area (Å²) in [6.07, 6.45) is 0.834. The maximum atomic E-state index is 12.3. The van der Waals surface area contributed by atoms with Crippen LogP contribution in [0, 0.1) is 0 Å². The van der Waals surface area contributed by atoms with E-state index < -0.39 is 0 Å². The Morgan fingerprint density at radius 3 is 2.72 bits per heavy atom. The van der Waals surface area contributed by atoms with E-state index in [1.54, 1.807) is 19.2 Å². The van der Waals surface area contributed by atoms with Crippen molar-refractivity contribution in [2.24, 2.45) is 0 Å². The predicted octanol–water partition coefficient (Wildman–Crippen LogP) is 3.39. The third kappa shape index (κ3) is 4.05. The third-order valence-electron chi connectivity index (χ3n) is 4.35. The van der Waals surface area contributed by atoms with Crippen LogP contribution in [0.25, 0.3) is 0 Å². The number of amides is 1. The first-order valence-electron chi connectivity index (χ1n) is 8.50. The molecule has 1 aliphatic rings. The van der Waals surface area contributed by atoms with Gasteiger partial charge in [0.15, 0.2) is 11.5 Å². The minimum absolute atomic E-state index is 0.119. The molecule has 1 N–H and O–H groups in total. The number of carbonyl (C=O) groups is 1. The first kappa shape index (κ1) is 17.1. The van der Waals surface area contributed by atoms with Gasteiger partial charge in [0.05, 0.1) is 12.7 Å². The number of benzene rings is 2. The Hall–Kier alpha value is -2.69. The Labute approximate surface area is 147 Å². The van der Waals surface area contributed by atoms with Gasteiger partial charge in [0.1, 0.15) is 19.0 Å². The van der Waals surface area contributed by atoms with Gasteiger partial charge in [-0.25, -0.2) is 0 Å². The van der Waals surface area contributed by atoms with Crippen LogP contribution in [0.15, 0.2) is 42.5 Å². The van der Waals surface area contributed by atoms with E-state index in [-0.39, 0.29) is 5.91 Å². The number of methoxy groups -OCH3 is 1. The summed E-state index contributed by atoms with van der Waals surface area (Å²) in [4.78, 5) is 12.3. The second-order valence-electron chi connectivity index (χ2n) is 6.05. The monoisotopic (exact) mass is 341 g/mol. The molecule has 0 aliphatic carbocycles. The molecule has 2 aromatic rings. The molecule has 0 fully saturated rings. The van der Waals surface area contributed by atoms with Crippen LogP contribution in [0.4, 0.5) is 0 Å². The molecule has 5 nitrogen and oxygen atoms in total. The Balaban J connectivity index is 1.55. The minimum Gasteiger partial charge on any atom is -0.496 e. The van der Waals surface area contributed by atoms with Crippen LogP contribution in [0.5, 0.6) is 17.2 Å². The van der Waals surface area contributed by atoms with Crippen LogP contribution in [0.1, 0.15) is 35.2 Å². The number of hydrogen-bond acceptors (Lipinski definition) is 4. The normalized spacial score (nSPS) is 13.8. The fraction of sp³-hybridized carbons (Fsp3) is 0.350. The first-order valence-corrected chi connectivity index (χ1v) is 8.50. The molecule has 0 radical (unpaired) electrons. The van der Waals surface area contributed by atoms with Gasteiger partial charge in [0.2, 0.25) is 0 Å². The number of hydrogen-bond donors (Lipinski definition) is 1. The lowest BCUT2D eigenvalue weighted by molar-refractivity contribution is 0.0949. The number of rotatable bonds is 6. The summed E-state index contributed by atoms with van der Waals surface area (Å²) < 4.78 is 16.4. The molecule has 1 amide bonds. The van der Waals surface area contributed by atoms with Gasteiger partial charge in [-0.05, 0) is 42.2 Å². The smallest absolute Gasteiger partial charge is 0.255 e. The van der Waals surface area contributed by atoms with Crippen molar-refractivity contribution in [2.45, 2.75) is 19.3 Å². The lowest BCUT2D eigenvalue weighted by Crippen LogP contribution is -2.25. The highest BCUT2D eigenvalue weighted by Gasteiger charge is 2.15. The highest BCUT2D eigenvalue weighted by atomic mass is 16.6. The molecular weight excluding hydrogens is 318 g/mol. The highest BCUT2D eigenvalue weighted by molar-refractivity contribution is 5.96. The average Bonchev–Trinajstić information content (AvgIpc) is 2.67. The van der Waals surface area contributed by atoms with Crippen molar-refractivity contribution in [1.29, 1.82) is 0 Å². The van der Waals surface area contributed by atoms with Crippen molar-refractivity contribution in [3.8, 4) is 17.2 Å². The number of carbonyl (C=O) groups excluding carboxylic acids is 1. The van der Waals surface area contributed by atoms with Gasteiger partial charge >= 0.3 is 0 Å². The van der Waals surface area contributed by atoms with Crippen molar-refractivity contribution < 1.29 is 19.0 Å². The number of fused-ring (bicyclic) bond motifs is 1. The molecule has 3 rings (SSSR count). The quantitative estimate of drug-likeness (QED) is 0.875. The maximum absolute atomic E-state index is 12.3. The second-order valence-corrected chi connectivity index (χ2v) is 6.05. The number of nitrogens with one attached hydrogen (secondary N) is 1. The van der Waals surface area contributed by atoms with Gasteiger partial charge in [0, 0.05) is 6.54 Å². The molecule has 0 aromatic heterocycles. The largest absolute Gasteiger partial charge is 0.496 e. The summed E-state index contributed by atoms with van der Waals surface area (Å²) in [5.74, 6) is 2.36. The number of ether oxygens (including phenoxy) is 3. The van der Waals surface area contributed by atoms with Crippen LogP contribution < -0.4 is 19.5 Å². The lowest BCUT2D eigenvalue weighted by Gasteiger charge is -2.20. The van der Waals surface area contributed by atoms with E-state index in [2.05, 4.69) is 18.3 Å². The zero-order valence-electron chi connectivity index (χ0n) is 14.6. The van der Waals surface area contributed by atoms with Crippen LogP contribution in [0.3, 0.4) is 0 Å². The molecule has 0 saturated carbocycles. The van der Waals surface area contributed by atoms with Gasteiger partial charge < -0.3 is 19.5 Å². The summed E-state index contributed by atoms with van der Waals surface area (Å²) in [6.45, 7) is 3.91. The average molecular weight is 341 g/mol. The van der Waals surface area contributed by atoms with Crippen LogP contribution in [-0.2, 0) is 0 Å². The maximum Gasteiger partial charge on any atom is 0.255 e. The lowest BCUT2D eigenvalue weighted by atomic mass is 9.97. The second kappa shape index (κ2) is 7.92. The fourth-order valence-electron chi connectivity index (χ4n) is 2.86. The van der Waals surface area contributed by atoms with Gasteiger partial charge in [-0.15, -0.1) is 0 Å². The van der Waals surface area contributed by atoms with Crippen molar-refractivity contribution in [1.82, 2.24) is 5.32 Å². The molecule has 0 saturated heterocycles. The molecule has 132 valence electrons. The van der Waals surface area contributed by atoms with Crippen LogP contribution in [-0.4, -0.2) is 32.8 Å². The zero-order chi connectivity index (χ0) is 17.6. The standard InChI is InChI=1S/C20H23NO4/c1-14(15-7-8-18-19(13-15)25-12-11-24-18)9-10-21-20(22)16-5-3-4-6-17(16)23-2/h3-8,13-14H,9-12H2,1-2H3,(H,21,22). The topological polar surface area (TPSA) is 56.8 Å². The van der Waals surface area contributed by atoms with E-state index in [1.165, 1.54) is 5.56 Å². The van der Waals surface area contributed by atoms with E-state index in [0.717, 1.165) is 17.9 Å². The Morgan fingerprint density at radius 2 is 1.92 bits per heavy atom. The van der Waals surface area contributed by atoms with Crippen LogP contribution >= 0.6 is 0 Å². The molecule has 1 aliphatic heterocycles. The zero-order valence-corrected chi connectivity index (χ0v) is 14.6. The van der Waals surface area contributed by atoms with Crippen LogP contribution in [0.2, 0.25) is 0 Å². The first-order chi connectivity index (χ1) is 12.2. The molecule has 0 bridgehead atoms. The van der Waals surface area contributed by atoms with Gasteiger partial charge in [-0.3, -0.25) is 4.79 Å². The highest BCUT2D eigenvalue weighted by Crippen LogP contribution is 2.33. The van der Waals surface area contributed by atoms with Crippen molar-refractivity contribution in [3.63, 3.8) is 0 Å². The number of para-hydroxylation sites is 1.